The lowest BCUT2D eigenvalue weighted by Gasteiger charge is -2.35. The molecule has 0 radical (unpaired) electrons. The monoisotopic (exact) mass is 386 g/mol. The van der Waals surface area contributed by atoms with E-state index in [1.807, 2.05) is 0 Å². The van der Waals surface area contributed by atoms with Gasteiger partial charge in [0.15, 0.2) is 0 Å². The molecule has 1 fully saturated rings. The largest absolute Gasteiger partial charge is 0.416 e. The number of aryl methyl sites for hydroxylation is 1. The summed E-state index contributed by atoms with van der Waals surface area (Å²) in [7, 11) is 1.63. The fraction of sp³-hybridized carbons (Fsp3) is 0.444. The lowest BCUT2D eigenvalue weighted by atomic mass is 10.0. The number of anilines is 1. The molecule has 2 aromatic rings. The van der Waals surface area contributed by atoms with E-state index in [-0.39, 0.29) is 13.0 Å². The van der Waals surface area contributed by atoms with Gasteiger partial charge in [-0.2, -0.15) is 13.2 Å². The first-order valence-corrected chi connectivity index (χ1v) is 8.38. The average Bonchev–Trinajstić information content (AvgIpc) is 2.52. The van der Waals surface area contributed by atoms with E-state index in [2.05, 4.69) is 15.5 Å². The standard InChI is InChI=1S/C18H19F5N4/c1-11-7-15(24-14-8-17(19,20)10-27(2)9-14)25-26-16(11)12-3-5-13(6-4-12)18(21,22)23/h3-7,14H,8-10H2,1-2H3,(H,24,25)/t14-/m1/s1. The third-order valence-electron chi connectivity index (χ3n) is 4.40. The molecule has 0 unspecified atom stereocenters. The number of halogens is 5. The Hall–Kier alpha value is -2.29. The molecule has 1 aliphatic rings. The van der Waals surface area contributed by atoms with Gasteiger partial charge in [-0.3, -0.25) is 4.90 Å². The molecule has 1 aromatic heterocycles. The number of nitrogens with zero attached hydrogens (tertiary/aromatic N) is 3. The van der Waals surface area contributed by atoms with Crippen LogP contribution in [0.3, 0.4) is 0 Å². The smallest absolute Gasteiger partial charge is 0.364 e. The second kappa shape index (κ2) is 7.03. The van der Waals surface area contributed by atoms with Crippen LogP contribution in [-0.4, -0.2) is 47.2 Å². The number of hydrogen-bond acceptors (Lipinski definition) is 4. The second-order valence-electron chi connectivity index (χ2n) is 6.93. The molecular formula is C18H19F5N4. The topological polar surface area (TPSA) is 41.0 Å². The first-order chi connectivity index (χ1) is 12.5. The molecule has 1 atom stereocenters. The maximum Gasteiger partial charge on any atom is 0.416 e. The molecule has 0 aliphatic carbocycles. The molecule has 0 amide bonds. The van der Waals surface area contributed by atoms with Gasteiger partial charge in [-0.1, -0.05) is 12.1 Å². The van der Waals surface area contributed by atoms with Crippen LogP contribution in [0.1, 0.15) is 17.5 Å². The lowest BCUT2D eigenvalue weighted by molar-refractivity contribution is -0.137. The second-order valence-corrected chi connectivity index (χ2v) is 6.93. The summed E-state index contributed by atoms with van der Waals surface area (Å²) in [6, 6.07) is 5.84. The van der Waals surface area contributed by atoms with Crippen molar-refractivity contribution in [1.29, 1.82) is 0 Å². The summed E-state index contributed by atoms with van der Waals surface area (Å²) in [5.74, 6) is -2.41. The highest BCUT2D eigenvalue weighted by molar-refractivity contribution is 5.64. The molecule has 9 heteroatoms. The normalized spacial score (nSPS) is 20.5. The molecule has 4 nitrogen and oxygen atoms in total. The predicted molar refractivity (Wildman–Crippen MR) is 91.7 cm³/mol. The van der Waals surface area contributed by atoms with Crippen LogP contribution in [0.15, 0.2) is 30.3 Å². The van der Waals surface area contributed by atoms with Gasteiger partial charge in [-0.25, -0.2) is 8.78 Å². The van der Waals surface area contributed by atoms with Gasteiger partial charge in [0.1, 0.15) is 5.82 Å². The minimum Gasteiger partial charge on any atom is -0.364 e. The number of likely N-dealkylation sites (N-methyl/N-ethyl adjacent to an activating group) is 1. The maximum atomic E-state index is 13.7. The summed E-state index contributed by atoms with van der Waals surface area (Å²) in [6.45, 7) is 1.92. The third-order valence-corrected chi connectivity index (χ3v) is 4.40. The van der Waals surface area contributed by atoms with Crippen LogP contribution >= 0.6 is 0 Å². The quantitative estimate of drug-likeness (QED) is 0.802. The van der Waals surface area contributed by atoms with Crippen LogP contribution in [0.5, 0.6) is 0 Å². The van der Waals surface area contributed by atoms with Gasteiger partial charge in [-0.05, 0) is 37.7 Å². The van der Waals surface area contributed by atoms with Crippen LogP contribution in [0.25, 0.3) is 11.3 Å². The Kier molecular flexibility index (Phi) is 5.07. The van der Waals surface area contributed by atoms with E-state index in [0.717, 1.165) is 12.1 Å². The number of likely N-dealkylation sites (tertiary alicyclic amines) is 1. The number of aromatic nitrogens is 2. The highest BCUT2D eigenvalue weighted by atomic mass is 19.4. The number of benzene rings is 1. The molecule has 0 spiro atoms. The summed E-state index contributed by atoms with van der Waals surface area (Å²) in [6.07, 6.45) is -4.69. The van der Waals surface area contributed by atoms with Gasteiger partial charge in [0.25, 0.3) is 5.92 Å². The van der Waals surface area contributed by atoms with Crippen molar-refractivity contribution in [3.8, 4) is 11.3 Å². The zero-order chi connectivity index (χ0) is 19.8. The Morgan fingerprint density at radius 1 is 1.15 bits per heavy atom. The highest BCUT2D eigenvalue weighted by Crippen LogP contribution is 2.32. The molecule has 3 rings (SSSR count). The van der Waals surface area contributed by atoms with Crippen molar-refractivity contribution in [1.82, 2.24) is 15.1 Å². The SMILES string of the molecule is Cc1cc(N[C@H]2CN(C)CC(F)(F)C2)nnc1-c1ccc(C(F)(F)F)cc1. The Morgan fingerprint density at radius 2 is 1.81 bits per heavy atom. The van der Waals surface area contributed by atoms with Crippen molar-refractivity contribution < 1.29 is 22.0 Å². The molecule has 0 bridgehead atoms. The van der Waals surface area contributed by atoms with Crippen molar-refractivity contribution in [2.24, 2.45) is 0 Å². The summed E-state index contributed by atoms with van der Waals surface area (Å²) >= 11 is 0. The fourth-order valence-electron chi connectivity index (χ4n) is 3.29. The van der Waals surface area contributed by atoms with Gasteiger partial charge >= 0.3 is 6.18 Å². The van der Waals surface area contributed by atoms with E-state index in [0.29, 0.717) is 29.2 Å². The summed E-state index contributed by atoms with van der Waals surface area (Å²) in [5.41, 5.74) is 0.893. The number of nitrogens with one attached hydrogen (secondary N) is 1. The van der Waals surface area contributed by atoms with Crippen molar-refractivity contribution >= 4 is 5.82 Å². The molecule has 27 heavy (non-hydrogen) atoms. The maximum absolute atomic E-state index is 13.7. The molecule has 1 N–H and O–H groups in total. The first kappa shape index (κ1) is 19.5. The Balaban J connectivity index is 1.76. The molecule has 1 saturated heterocycles. The van der Waals surface area contributed by atoms with Crippen molar-refractivity contribution in [3.05, 3.63) is 41.5 Å². The molecule has 1 aliphatic heterocycles. The van der Waals surface area contributed by atoms with E-state index >= 15 is 0 Å². The summed E-state index contributed by atoms with van der Waals surface area (Å²) in [4.78, 5) is 1.55. The zero-order valence-corrected chi connectivity index (χ0v) is 14.8. The van der Waals surface area contributed by atoms with Gasteiger partial charge in [-0.15, -0.1) is 10.2 Å². The van der Waals surface area contributed by atoms with Crippen LogP contribution in [0, 0.1) is 6.92 Å². The average molecular weight is 386 g/mol. The molecule has 146 valence electrons. The minimum atomic E-state index is -4.40. The van der Waals surface area contributed by atoms with Crippen LogP contribution < -0.4 is 5.32 Å². The van der Waals surface area contributed by atoms with Crippen molar-refractivity contribution in [2.45, 2.75) is 31.5 Å². The number of hydrogen-bond donors (Lipinski definition) is 1. The Morgan fingerprint density at radius 3 is 2.37 bits per heavy atom. The molecule has 1 aromatic carbocycles. The van der Waals surface area contributed by atoms with E-state index in [4.69, 9.17) is 0 Å². The number of alkyl halides is 5. The zero-order valence-electron chi connectivity index (χ0n) is 14.8. The minimum absolute atomic E-state index is 0.275. The third kappa shape index (κ3) is 4.71. The van der Waals surface area contributed by atoms with Gasteiger partial charge in [0, 0.05) is 24.6 Å². The molecule has 2 heterocycles. The van der Waals surface area contributed by atoms with E-state index < -0.39 is 23.7 Å². The number of piperidine rings is 1. The van der Waals surface area contributed by atoms with E-state index in [1.54, 1.807) is 24.9 Å². The van der Waals surface area contributed by atoms with Crippen LogP contribution in [0.2, 0.25) is 0 Å². The van der Waals surface area contributed by atoms with Crippen LogP contribution in [0.4, 0.5) is 27.8 Å². The molecule has 0 saturated carbocycles. The Bertz CT molecular complexity index is 804. The van der Waals surface area contributed by atoms with Gasteiger partial charge in [0.2, 0.25) is 0 Å². The van der Waals surface area contributed by atoms with Crippen LogP contribution in [-0.2, 0) is 6.18 Å². The van der Waals surface area contributed by atoms with Gasteiger partial charge in [0.05, 0.1) is 17.8 Å². The predicted octanol–water partition coefficient (Wildman–Crippen LogP) is 4.22. The Labute approximate surface area is 153 Å². The fourth-order valence-corrected chi connectivity index (χ4v) is 3.29. The highest BCUT2D eigenvalue weighted by Gasteiger charge is 2.39. The first-order valence-electron chi connectivity index (χ1n) is 8.38. The van der Waals surface area contributed by atoms with E-state index in [1.165, 1.54) is 12.1 Å². The van der Waals surface area contributed by atoms with E-state index in [9.17, 15) is 22.0 Å². The summed E-state index contributed by atoms with van der Waals surface area (Å²) < 4.78 is 65.4. The van der Waals surface area contributed by atoms with Crippen molar-refractivity contribution in [3.63, 3.8) is 0 Å². The summed E-state index contributed by atoms with van der Waals surface area (Å²) in [5, 5.41) is 11.0. The lowest BCUT2D eigenvalue weighted by Crippen LogP contribution is -2.50. The van der Waals surface area contributed by atoms with Crippen molar-refractivity contribution in [2.75, 3.05) is 25.5 Å². The number of rotatable bonds is 3. The van der Waals surface area contributed by atoms with Gasteiger partial charge < -0.3 is 5.32 Å². The molecular weight excluding hydrogens is 367 g/mol.